The van der Waals surface area contributed by atoms with Crippen LogP contribution in [0.2, 0.25) is 0 Å². The van der Waals surface area contributed by atoms with E-state index in [1.54, 1.807) is 24.3 Å². The molecule has 10 heteroatoms. The molecule has 1 heterocycles. The van der Waals surface area contributed by atoms with Crippen LogP contribution in [0.4, 0.5) is 5.69 Å². The minimum atomic E-state index is -3.96. The van der Waals surface area contributed by atoms with Crippen LogP contribution in [0.3, 0.4) is 0 Å². The quantitative estimate of drug-likeness (QED) is 0.339. The minimum Gasteiger partial charge on any atom is -0.495 e. The van der Waals surface area contributed by atoms with Crippen molar-refractivity contribution in [2.75, 3.05) is 19.5 Å². The summed E-state index contributed by atoms with van der Waals surface area (Å²) in [6.07, 6.45) is 0. The molecule has 0 saturated heterocycles. The second-order valence-electron chi connectivity index (χ2n) is 7.48. The fraction of sp³-hybridized carbons (Fsp3) is 0.120. The molecule has 0 bridgehead atoms. The Balaban J connectivity index is 1.56. The van der Waals surface area contributed by atoms with E-state index in [2.05, 4.69) is 10.0 Å². The van der Waals surface area contributed by atoms with Crippen LogP contribution >= 0.6 is 11.3 Å². The minimum absolute atomic E-state index is 0.0942. The topological polar surface area (TPSA) is 111 Å². The van der Waals surface area contributed by atoms with Crippen LogP contribution < -0.4 is 14.8 Å². The van der Waals surface area contributed by atoms with Gasteiger partial charge in [-0.2, -0.15) is 0 Å². The highest BCUT2D eigenvalue weighted by Gasteiger charge is 2.22. The van der Waals surface area contributed by atoms with Crippen LogP contribution in [0.1, 0.15) is 25.6 Å². The average Bonchev–Trinajstić information content (AvgIpc) is 3.31. The molecule has 3 aromatic carbocycles. The van der Waals surface area contributed by atoms with Crippen molar-refractivity contribution in [3.05, 3.63) is 88.8 Å². The average molecular weight is 511 g/mol. The third-order valence-electron chi connectivity index (χ3n) is 5.19. The van der Waals surface area contributed by atoms with E-state index in [1.807, 2.05) is 30.3 Å². The Morgan fingerprint density at radius 2 is 1.71 bits per heavy atom. The van der Waals surface area contributed by atoms with Gasteiger partial charge >= 0.3 is 5.97 Å². The van der Waals surface area contributed by atoms with E-state index in [0.29, 0.717) is 10.6 Å². The maximum atomic E-state index is 13.0. The lowest BCUT2D eigenvalue weighted by molar-refractivity contribution is 0.0606. The van der Waals surface area contributed by atoms with E-state index < -0.39 is 21.9 Å². The molecule has 1 aromatic heterocycles. The number of hydrogen-bond donors (Lipinski definition) is 2. The van der Waals surface area contributed by atoms with Gasteiger partial charge in [0.2, 0.25) is 10.0 Å². The molecule has 4 aromatic rings. The number of thiophene rings is 1. The molecule has 0 saturated carbocycles. The molecule has 1 amide bonds. The van der Waals surface area contributed by atoms with Crippen molar-refractivity contribution in [3.63, 3.8) is 0 Å². The largest absolute Gasteiger partial charge is 0.495 e. The number of carbonyl (C=O) groups excluding carboxylic acids is 2. The highest BCUT2D eigenvalue weighted by molar-refractivity contribution is 7.89. The standard InChI is InChI=1S/C25H22N2O6S2/c1-32-20-10-8-17(14-23(20)35(30,31)26-15-16-6-4-3-5-7-16)24(28)27-19-9-11-21-18(12-19)13-22(34-21)25(29)33-2/h3-14,26H,15H2,1-2H3,(H,27,28). The van der Waals surface area contributed by atoms with E-state index in [4.69, 9.17) is 9.47 Å². The van der Waals surface area contributed by atoms with Gasteiger partial charge in [-0.05, 0) is 53.4 Å². The highest BCUT2D eigenvalue weighted by Crippen LogP contribution is 2.29. The van der Waals surface area contributed by atoms with Crippen LogP contribution in [-0.4, -0.2) is 34.5 Å². The van der Waals surface area contributed by atoms with E-state index in [-0.39, 0.29) is 22.8 Å². The Morgan fingerprint density at radius 1 is 0.943 bits per heavy atom. The van der Waals surface area contributed by atoms with Crippen molar-refractivity contribution in [2.45, 2.75) is 11.4 Å². The number of methoxy groups -OCH3 is 2. The summed E-state index contributed by atoms with van der Waals surface area (Å²) in [6.45, 7) is 0.0942. The second-order valence-corrected chi connectivity index (χ2v) is 10.3. The first-order valence-corrected chi connectivity index (χ1v) is 12.8. The summed E-state index contributed by atoms with van der Waals surface area (Å²) >= 11 is 1.29. The molecule has 0 atom stereocenters. The number of hydrogen-bond acceptors (Lipinski definition) is 7. The van der Waals surface area contributed by atoms with Crippen LogP contribution in [0.15, 0.2) is 77.7 Å². The zero-order valence-electron chi connectivity index (χ0n) is 18.9. The smallest absolute Gasteiger partial charge is 0.348 e. The Labute approximate surface area is 206 Å². The summed E-state index contributed by atoms with van der Waals surface area (Å²) < 4.78 is 39.4. The SMILES string of the molecule is COC(=O)c1cc2cc(NC(=O)c3ccc(OC)c(S(=O)(=O)NCc4ccccc4)c3)ccc2s1. The Bertz CT molecular complexity index is 1500. The van der Waals surface area contributed by atoms with Gasteiger partial charge in [-0.1, -0.05) is 30.3 Å². The first kappa shape index (κ1) is 24.4. The third-order valence-corrected chi connectivity index (χ3v) is 7.70. The van der Waals surface area contributed by atoms with E-state index in [1.165, 1.54) is 43.8 Å². The molecule has 8 nitrogen and oxygen atoms in total. The van der Waals surface area contributed by atoms with Crippen molar-refractivity contribution in [3.8, 4) is 5.75 Å². The van der Waals surface area contributed by atoms with Gasteiger partial charge in [-0.25, -0.2) is 17.9 Å². The summed E-state index contributed by atoms with van der Waals surface area (Å²) in [7, 11) is -1.28. The van der Waals surface area contributed by atoms with Gasteiger partial charge in [0.15, 0.2) is 0 Å². The van der Waals surface area contributed by atoms with Gasteiger partial charge < -0.3 is 14.8 Å². The second kappa shape index (κ2) is 10.3. The summed E-state index contributed by atoms with van der Waals surface area (Å²) in [5.74, 6) is -0.795. The lowest BCUT2D eigenvalue weighted by atomic mass is 10.2. The number of carbonyl (C=O) groups is 2. The first-order valence-electron chi connectivity index (χ1n) is 10.5. The van der Waals surface area contributed by atoms with Crippen molar-refractivity contribution in [2.24, 2.45) is 0 Å². The predicted molar refractivity (Wildman–Crippen MR) is 135 cm³/mol. The van der Waals surface area contributed by atoms with Gasteiger partial charge in [0.25, 0.3) is 5.91 Å². The molecular weight excluding hydrogens is 488 g/mol. The lowest BCUT2D eigenvalue weighted by Gasteiger charge is -2.13. The molecule has 0 aliphatic carbocycles. The molecule has 35 heavy (non-hydrogen) atoms. The van der Waals surface area contributed by atoms with Crippen LogP contribution in [0, 0.1) is 0 Å². The van der Waals surface area contributed by atoms with Gasteiger partial charge in [-0.15, -0.1) is 11.3 Å². The number of fused-ring (bicyclic) bond motifs is 1. The van der Waals surface area contributed by atoms with Crippen molar-refractivity contribution in [1.29, 1.82) is 0 Å². The molecule has 2 N–H and O–H groups in total. The van der Waals surface area contributed by atoms with Crippen LogP contribution in [-0.2, 0) is 21.3 Å². The van der Waals surface area contributed by atoms with Crippen molar-refractivity contribution in [1.82, 2.24) is 4.72 Å². The molecule has 0 fully saturated rings. The van der Waals surface area contributed by atoms with Gasteiger partial charge in [0, 0.05) is 22.5 Å². The van der Waals surface area contributed by atoms with Gasteiger partial charge in [0.1, 0.15) is 15.5 Å². The number of nitrogens with one attached hydrogen (secondary N) is 2. The Kier molecular flexibility index (Phi) is 7.15. The normalized spacial score (nSPS) is 11.3. The predicted octanol–water partition coefficient (Wildman–Crippen LogP) is 4.43. The first-order chi connectivity index (χ1) is 16.8. The molecular formula is C25H22N2O6S2. The monoisotopic (exact) mass is 510 g/mol. The molecule has 0 aliphatic heterocycles. The van der Waals surface area contributed by atoms with Crippen LogP contribution in [0.5, 0.6) is 5.75 Å². The Morgan fingerprint density at radius 3 is 2.43 bits per heavy atom. The highest BCUT2D eigenvalue weighted by atomic mass is 32.2. The number of anilines is 1. The molecule has 0 radical (unpaired) electrons. The molecule has 0 unspecified atom stereocenters. The summed E-state index contributed by atoms with van der Waals surface area (Å²) in [6, 6.07) is 20.2. The molecule has 0 aliphatic rings. The number of benzene rings is 3. The van der Waals surface area contributed by atoms with Gasteiger partial charge in [0.05, 0.1) is 14.2 Å². The fourth-order valence-electron chi connectivity index (χ4n) is 3.41. The zero-order valence-corrected chi connectivity index (χ0v) is 20.5. The van der Waals surface area contributed by atoms with E-state index in [9.17, 15) is 18.0 Å². The Hall–Kier alpha value is -3.73. The number of esters is 1. The van der Waals surface area contributed by atoms with Crippen molar-refractivity contribution >= 4 is 49.0 Å². The van der Waals surface area contributed by atoms with E-state index >= 15 is 0 Å². The molecule has 4 rings (SSSR count). The summed E-state index contributed by atoms with van der Waals surface area (Å²) in [4.78, 5) is 25.0. The third kappa shape index (κ3) is 5.51. The van der Waals surface area contributed by atoms with Gasteiger partial charge in [-0.3, -0.25) is 4.79 Å². The zero-order chi connectivity index (χ0) is 25.0. The summed E-state index contributed by atoms with van der Waals surface area (Å²) in [5.41, 5.74) is 1.44. The number of amides is 1. The molecule has 180 valence electrons. The summed E-state index contributed by atoms with van der Waals surface area (Å²) in [5, 5.41) is 3.54. The van der Waals surface area contributed by atoms with Crippen molar-refractivity contribution < 1.29 is 27.5 Å². The number of ether oxygens (including phenoxy) is 2. The fourth-order valence-corrected chi connectivity index (χ4v) is 5.58. The maximum absolute atomic E-state index is 13.0. The number of rotatable bonds is 8. The maximum Gasteiger partial charge on any atom is 0.348 e. The van der Waals surface area contributed by atoms with E-state index in [0.717, 1.165) is 15.6 Å². The van der Waals surface area contributed by atoms with Crippen LogP contribution in [0.25, 0.3) is 10.1 Å². The number of sulfonamides is 1. The lowest BCUT2D eigenvalue weighted by Crippen LogP contribution is -2.24. The molecule has 0 spiro atoms.